The highest BCUT2D eigenvalue weighted by molar-refractivity contribution is 7.25. The van der Waals surface area contributed by atoms with Crippen LogP contribution < -0.4 is 5.32 Å². The Hall–Kier alpha value is -1.33. The van der Waals surface area contributed by atoms with Gasteiger partial charge in [0.15, 0.2) is 13.8 Å². The van der Waals surface area contributed by atoms with Gasteiger partial charge in [0.05, 0.1) is 12.2 Å². The quantitative estimate of drug-likeness (QED) is 0.616. The van der Waals surface area contributed by atoms with E-state index in [9.17, 15) is 14.5 Å². The molecule has 1 unspecified atom stereocenters. The van der Waals surface area contributed by atoms with E-state index in [-0.39, 0.29) is 20.1 Å². The lowest BCUT2D eigenvalue weighted by Crippen LogP contribution is -2.55. The van der Waals surface area contributed by atoms with Crippen LogP contribution in [0.4, 0.5) is 0 Å². The molecule has 1 aliphatic carbocycles. The molecule has 148 valence electrons. The zero-order chi connectivity index (χ0) is 19.3. The van der Waals surface area contributed by atoms with Crippen molar-refractivity contribution in [1.82, 2.24) is 5.32 Å². The van der Waals surface area contributed by atoms with Gasteiger partial charge in [-0.1, -0.05) is 44.2 Å². The molecule has 1 saturated carbocycles. The van der Waals surface area contributed by atoms with E-state index >= 15 is 0 Å². The fourth-order valence-electron chi connectivity index (χ4n) is 4.21. The standard InChI is InChI=1S/C20H28NO5P/c22-19(23)16-8-4-7-15(9-16)10-17-13-26-18(12-21-17)20(24,27-25)11-14-5-2-1-3-6-14/h4,7-9,14,17-18,21,24H,1-3,5-6,10-13H2,(H,22,23)/t17-,18+,20?/m1/s1. The lowest BCUT2D eigenvalue weighted by Gasteiger charge is -2.39. The smallest absolute Gasteiger partial charge is 0.335 e. The van der Waals surface area contributed by atoms with Crippen molar-refractivity contribution >= 4 is 14.4 Å². The number of hydrogen-bond donors (Lipinski definition) is 3. The Bertz CT molecular complexity index is 656. The average molecular weight is 393 g/mol. The Morgan fingerprint density at radius 1 is 1.30 bits per heavy atom. The minimum absolute atomic E-state index is 0.0348. The van der Waals surface area contributed by atoms with Crippen LogP contribution in [0.25, 0.3) is 0 Å². The third-order valence-electron chi connectivity index (χ3n) is 5.73. The van der Waals surface area contributed by atoms with Crippen LogP contribution in [0.1, 0.15) is 54.4 Å². The first-order chi connectivity index (χ1) is 13.0. The summed E-state index contributed by atoms with van der Waals surface area (Å²) in [5.74, 6) is -0.530. The summed E-state index contributed by atoms with van der Waals surface area (Å²) in [6.07, 6.45) is 6.42. The zero-order valence-electron chi connectivity index (χ0n) is 15.5. The number of carboxylic acids is 1. The van der Waals surface area contributed by atoms with E-state index in [4.69, 9.17) is 9.84 Å². The average Bonchev–Trinajstić information content (AvgIpc) is 2.69. The van der Waals surface area contributed by atoms with Crippen molar-refractivity contribution in [3.05, 3.63) is 35.4 Å². The maximum atomic E-state index is 11.8. The predicted octanol–water partition coefficient (Wildman–Crippen LogP) is 3.24. The Labute approximate surface area is 161 Å². The number of aliphatic hydroxyl groups is 1. The van der Waals surface area contributed by atoms with Gasteiger partial charge in [-0.15, -0.1) is 0 Å². The molecule has 1 saturated heterocycles. The van der Waals surface area contributed by atoms with Crippen molar-refractivity contribution in [3.8, 4) is 0 Å². The third kappa shape index (κ3) is 5.35. The number of hydrogen-bond acceptors (Lipinski definition) is 5. The molecule has 27 heavy (non-hydrogen) atoms. The van der Waals surface area contributed by atoms with Crippen LogP contribution in [0.5, 0.6) is 0 Å². The monoisotopic (exact) mass is 393 g/mol. The molecule has 1 aromatic rings. The summed E-state index contributed by atoms with van der Waals surface area (Å²) in [6, 6.07) is 6.92. The molecule has 3 rings (SSSR count). The summed E-state index contributed by atoms with van der Waals surface area (Å²) in [6.45, 7) is 0.826. The first-order valence-corrected chi connectivity index (χ1v) is 10.6. The van der Waals surface area contributed by atoms with E-state index in [1.165, 1.54) is 19.3 Å². The van der Waals surface area contributed by atoms with Gasteiger partial charge in [-0.2, -0.15) is 0 Å². The third-order valence-corrected chi connectivity index (χ3v) is 6.52. The number of aromatic carboxylic acids is 1. The first-order valence-electron chi connectivity index (χ1n) is 9.74. The highest BCUT2D eigenvalue weighted by Crippen LogP contribution is 2.39. The van der Waals surface area contributed by atoms with Gasteiger partial charge in [-0.05, 0) is 36.5 Å². The second kappa shape index (κ2) is 9.24. The zero-order valence-corrected chi connectivity index (χ0v) is 16.4. The second-order valence-corrected chi connectivity index (χ2v) is 8.77. The number of morpholine rings is 1. The van der Waals surface area contributed by atoms with Crippen molar-refractivity contribution in [2.24, 2.45) is 5.92 Å². The molecule has 2 fully saturated rings. The van der Waals surface area contributed by atoms with Crippen LogP contribution in [0.2, 0.25) is 0 Å². The van der Waals surface area contributed by atoms with Gasteiger partial charge in [0.1, 0.15) is 6.10 Å². The Kier molecular flexibility index (Phi) is 6.99. The van der Waals surface area contributed by atoms with E-state index in [0.29, 0.717) is 31.9 Å². The summed E-state index contributed by atoms with van der Waals surface area (Å²) < 4.78 is 17.7. The highest BCUT2D eigenvalue weighted by atomic mass is 31.1. The minimum Gasteiger partial charge on any atom is -0.478 e. The fourth-order valence-corrected chi connectivity index (χ4v) is 4.83. The molecule has 2 aliphatic rings. The molecule has 3 atom stereocenters. The lowest BCUT2D eigenvalue weighted by atomic mass is 9.84. The predicted molar refractivity (Wildman–Crippen MR) is 102 cm³/mol. The van der Waals surface area contributed by atoms with Gasteiger partial charge in [-0.3, -0.25) is 4.57 Å². The number of benzene rings is 1. The minimum atomic E-state index is -1.34. The van der Waals surface area contributed by atoms with Crippen LogP contribution in [0.15, 0.2) is 24.3 Å². The molecule has 0 spiro atoms. The van der Waals surface area contributed by atoms with Crippen LogP contribution >= 0.6 is 8.46 Å². The summed E-state index contributed by atoms with van der Waals surface area (Å²) in [7, 11) is -0.274. The molecule has 1 aliphatic heterocycles. The van der Waals surface area contributed by atoms with Crippen molar-refractivity contribution in [1.29, 1.82) is 0 Å². The fraction of sp³-hybridized carbons (Fsp3) is 0.650. The Balaban J connectivity index is 1.54. The summed E-state index contributed by atoms with van der Waals surface area (Å²) >= 11 is 0. The molecule has 0 bridgehead atoms. The van der Waals surface area contributed by atoms with Gasteiger partial charge < -0.3 is 20.3 Å². The van der Waals surface area contributed by atoms with E-state index in [0.717, 1.165) is 18.4 Å². The van der Waals surface area contributed by atoms with Gasteiger partial charge in [0.25, 0.3) is 0 Å². The summed E-state index contributed by atoms with van der Waals surface area (Å²) in [5.41, 5.74) is 1.20. The van der Waals surface area contributed by atoms with Gasteiger partial charge in [0, 0.05) is 12.6 Å². The number of rotatable bonds is 7. The van der Waals surface area contributed by atoms with Gasteiger partial charge >= 0.3 is 5.97 Å². The molecule has 6 nitrogen and oxygen atoms in total. The van der Waals surface area contributed by atoms with E-state index in [2.05, 4.69) is 5.32 Å². The van der Waals surface area contributed by atoms with E-state index < -0.39 is 17.4 Å². The van der Waals surface area contributed by atoms with Crippen LogP contribution in [-0.4, -0.2) is 46.8 Å². The van der Waals surface area contributed by atoms with E-state index in [1.54, 1.807) is 18.2 Å². The van der Waals surface area contributed by atoms with Crippen molar-refractivity contribution in [3.63, 3.8) is 0 Å². The SMILES string of the molecule is O=PC(O)(CC1CCCCC1)[C@@H]1CN[C@H](Cc2cccc(C(=O)O)c2)CO1. The molecule has 1 aromatic carbocycles. The molecule has 1 heterocycles. The van der Waals surface area contributed by atoms with Crippen LogP contribution in [0, 0.1) is 5.92 Å². The van der Waals surface area contributed by atoms with Crippen molar-refractivity contribution in [2.75, 3.05) is 13.2 Å². The maximum absolute atomic E-state index is 11.8. The molecular formula is C20H28NO5P. The number of ether oxygens (including phenoxy) is 1. The largest absolute Gasteiger partial charge is 0.478 e. The normalized spacial score (nSPS) is 26.6. The van der Waals surface area contributed by atoms with E-state index in [1.807, 2.05) is 6.07 Å². The number of carboxylic acid groups (broad SMARTS) is 1. The Morgan fingerprint density at radius 2 is 2.07 bits per heavy atom. The number of nitrogens with one attached hydrogen (secondary N) is 1. The van der Waals surface area contributed by atoms with Crippen LogP contribution in [0.3, 0.4) is 0 Å². The molecule has 3 N–H and O–H groups in total. The molecule has 0 amide bonds. The highest BCUT2D eigenvalue weighted by Gasteiger charge is 2.43. The molecule has 7 heteroatoms. The lowest BCUT2D eigenvalue weighted by molar-refractivity contribution is -0.0942. The topological polar surface area (TPSA) is 95.9 Å². The van der Waals surface area contributed by atoms with Crippen molar-refractivity contribution in [2.45, 2.75) is 62.4 Å². The number of carbonyl (C=O) groups is 1. The van der Waals surface area contributed by atoms with Gasteiger partial charge in [0.2, 0.25) is 0 Å². The maximum Gasteiger partial charge on any atom is 0.335 e. The summed E-state index contributed by atoms with van der Waals surface area (Å²) in [4.78, 5) is 11.1. The van der Waals surface area contributed by atoms with Crippen molar-refractivity contribution < 1.29 is 24.3 Å². The summed E-state index contributed by atoms with van der Waals surface area (Å²) in [5, 5.41) is 22.0. The van der Waals surface area contributed by atoms with Gasteiger partial charge in [-0.25, -0.2) is 4.79 Å². The molecular weight excluding hydrogens is 365 g/mol. The second-order valence-electron chi connectivity index (χ2n) is 7.81. The Morgan fingerprint density at radius 3 is 2.70 bits per heavy atom. The molecule has 0 radical (unpaired) electrons. The molecule has 0 aromatic heterocycles. The van der Waals surface area contributed by atoms with Crippen LogP contribution in [-0.2, 0) is 15.7 Å². The first kappa shape index (κ1) is 20.4.